The number of halogens is 1. The van der Waals surface area contributed by atoms with E-state index in [1.807, 2.05) is 36.5 Å². The Kier molecular flexibility index (Phi) is 8.36. The quantitative estimate of drug-likeness (QED) is 0.212. The van der Waals surface area contributed by atoms with Crippen molar-refractivity contribution in [1.29, 1.82) is 5.26 Å². The van der Waals surface area contributed by atoms with Crippen LogP contribution in [0.3, 0.4) is 0 Å². The van der Waals surface area contributed by atoms with Gasteiger partial charge in [0.2, 0.25) is 0 Å². The molecule has 2 amide bonds. The number of H-pyrrole nitrogens is 1. The second kappa shape index (κ2) is 12.2. The lowest BCUT2D eigenvalue weighted by atomic mass is 10.1. The minimum atomic E-state index is -0.532. The average molecular weight is 513 g/mol. The van der Waals surface area contributed by atoms with E-state index in [9.17, 15) is 19.2 Å². The van der Waals surface area contributed by atoms with Crippen LogP contribution in [0, 0.1) is 17.1 Å². The summed E-state index contributed by atoms with van der Waals surface area (Å²) in [7, 11) is 1.44. The molecule has 0 aliphatic carbocycles. The van der Waals surface area contributed by atoms with Crippen LogP contribution in [-0.4, -0.2) is 37.1 Å². The Bertz CT molecular complexity index is 1520. The van der Waals surface area contributed by atoms with Crippen LogP contribution < -0.4 is 20.1 Å². The largest absolute Gasteiger partial charge is 0.493 e. The van der Waals surface area contributed by atoms with Gasteiger partial charge in [-0.15, -0.1) is 0 Å². The number of aromatic nitrogens is 1. The van der Waals surface area contributed by atoms with E-state index in [4.69, 9.17) is 9.47 Å². The third-order valence-corrected chi connectivity index (χ3v) is 5.72. The zero-order valence-corrected chi connectivity index (χ0v) is 20.6. The minimum absolute atomic E-state index is 0.127. The normalized spacial score (nSPS) is 11.0. The van der Waals surface area contributed by atoms with E-state index >= 15 is 0 Å². The highest BCUT2D eigenvalue weighted by Crippen LogP contribution is 2.32. The number of fused-ring (bicyclic) bond motifs is 1. The lowest BCUT2D eigenvalue weighted by Gasteiger charge is -2.14. The summed E-state index contributed by atoms with van der Waals surface area (Å²) in [5.74, 6) is -0.905. The number of carbonyl (C=O) groups is 2. The molecule has 8 nitrogen and oxygen atoms in total. The van der Waals surface area contributed by atoms with Crippen molar-refractivity contribution in [3.8, 4) is 17.6 Å². The van der Waals surface area contributed by atoms with Gasteiger partial charge in [-0.1, -0.05) is 30.3 Å². The standard InChI is InChI=1S/C29H25FN4O4/c1-37-26-8-4-5-19(28(26)38-18-27(35)34-23-11-9-22(30)10-12-23)15-21(16-31)29(36)32-14-13-20-17-33-25-7-3-2-6-24(20)25/h2-12,15,17,33H,13-14,18H2,1H3,(H,32,36)(H,34,35)/b21-15-. The van der Waals surface area contributed by atoms with E-state index in [2.05, 4.69) is 15.6 Å². The number of nitrogens with zero attached hydrogens (tertiary/aromatic N) is 1. The highest BCUT2D eigenvalue weighted by Gasteiger charge is 2.15. The maximum absolute atomic E-state index is 13.1. The number of ether oxygens (including phenoxy) is 2. The van der Waals surface area contributed by atoms with Crippen LogP contribution >= 0.6 is 0 Å². The minimum Gasteiger partial charge on any atom is -0.493 e. The Morgan fingerprint density at radius 1 is 1.08 bits per heavy atom. The molecular weight excluding hydrogens is 487 g/mol. The van der Waals surface area contributed by atoms with E-state index in [0.717, 1.165) is 16.5 Å². The molecule has 3 aromatic carbocycles. The first-order valence-corrected chi connectivity index (χ1v) is 11.8. The molecular formula is C29H25FN4O4. The first-order valence-electron chi connectivity index (χ1n) is 11.8. The van der Waals surface area contributed by atoms with E-state index in [0.29, 0.717) is 30.0 Å². The maximum Gasteiger partial charge on any atom is 0.262 e. The summed E-state index contributed by atoms with van der Waals surface area (Å²) in [5.41, 5.74) is 2.75. The molecule has 4 aromatic rings. The molecule has 0 fully saturated rings. The van der Waals surface area contributed by atoms with Crippen molar-refractivity contribution in [3.63, 3.8) is 0 Å². The summed E-state index contributed by atoms with van der Waals surface area (Å²) >= 11 is 0. The smallest absolute Gasteiger partial charge is 0.262 e. The molecule has 0 aliphatic heterocycles. The monoisotopic (exact) mass is 512 g/mol. The molecule has 9 heteroatoms. The molecule has 0 aliphatic rings. The maximum atomic E-state index is 13.1. The second-order valence-electron chi connectivity index (χ2n) is 8.26. The van der Waals surface area contributed by atoms with Gasteiger partial charge in [0, 0.05) is 34.9 Å². The van der Waals surface area contributed by atoms with Gasteiger partial charge < -0.3 is 25.1 Å². The highest BCUT2D eigenvalue weighted by atomic mass is 19.1. The molecule has 0 saturated carbocycles. The molecule has 1 aromatic heterocycles. The predicted molar refractivity (Wildman–Crippen MR) is 142 cm³/mol. The summed E-state index contributed by atoms with van der Waals surface area (Å²) in [6.07, 6.45) is 3.88. The first kappa shape index (κ1) is 26.0. The summed E-state index contributed by atoms with van der Waals surface area (Å²) < 4.78 is 24.2. The van der Waals surface area contributed by atoms with Crippen molar-refractivity contribution in [3.05, 3.63) is 95.4 Å². The number of nitrogens with one attached hydrogen (secondary N) is 3. The fourth-order valence-corrected chi connectivity index (χ4v) is 3.88. The van der Waals surface area contributed by atoms with Gasteiger partial charge in [0.25, 0.3) is 11.8 Å². The van der Waals surface area contributed by atoms with Crippen LogP contribution in [0.1, 0.15) is 11.1 Å². The molecule has 0 radical (unpaired) electrons. The van der Waals surface area contributed by atoms with Crippen LogP contribution in [0.4, 0.5) is 10.1 Å². The number of rotatable bonds is 10. The number of hydrogen-bond acceptors (Lipinski definition) is 5. The number of hydrogen-bond donors (Lipinski definition) is 3. The second-order valence-corrected chi connectivity index (χ2v) is 8.26. The molecule has 0 atom stereocenters. The number of methoxy groups -OCH3 is 1. The summed E-state index contributed by atoms with van der Waals surface area (Å²) in [6.45, 7) is -0.0397. The SMILES string of the molecule is COc1cccc(/C=C(/C#N)C(=O)NCCc2c[nH]c3ccccc23)c1OCC(=O)Nc1ccc(F)cc1. The Balaban J connectivity index is 1.43. The third kappa shape index (κ3) is 6.36. The van der Waals surface area contributed by atoms with Crippen molar-refractivity contribution in [2.45, 2.75) is 6.42 Å². The summed E-state index contributed by atoms with van der Waals surface area (Å²) in [4.78, 5) is 28.3. The number of para-hydroxylation sites is 2. The zero-order valence-electron chi connectivity index (χ0n) is 20.6. The van der Waals surface area contributed by atoms with Crippen molar-refractivity contribution in [2.75, 3.05) is 25.6 Å². The fourth-order valence-electron chi connectivity index (χ4n) is 3.88. The molecule has 0 unspecified atom stereocenters. The molecule has 4 rings (SSSR count). The third-order valence-electron chi connectivity index (χ3n) is 5.72. The number of aromatic amines is 1. The number of benzene rings is 3. The van der Waals surface area contributed by atoms with Gasteiger partial charge in [0.15, 0.2) is 18.1 Å². The topological polar surface area (TPSA) is 116 Å². The van der Waals surface area contributed by atoms with Gasteiger partial charge in [-0.2, -0.15) is 5.26 Å². The van der Waals surface area contributed by atoms with Gasteiger partial charge in [-0.05, 0) is 54.5 Å². The zero-order chi connectivity index (χ0) is 26.9. The number of carbonyl (C=O) groups excluding carboxylic acids is 2. The molecule has 0 saturated heterocycles. The van der Waals surface area contributed by atoms with Crippen LogP contribution in [0.25, 0.3) is 17.0 Å². The Hall–Kier alpha value is -5.10. The lowest BCUT2D eigenvalue weighted by Crippen LogP contribution is -2.26. The predicted octanol–water partition coefficient (Wildman–Crippen LogP) is 4.60. The molecule has 3 N–H and O–H groups in total. The van der Waals surface area contributed by atoms with Crippen molar-refractivity contribution in [1.82, 2.24) is 10.3 Å². The lowest BCUT2D eigenvalue weighted by molar-refractivity contribution is -0.118. The molecule has 38 heavy (non-hydrogen) atoms. The first-order chi connectivity index (χ1) is 18.5. The van der Waals surface area contributed by atoms with E-state index in [-0.39, 0.29) is 17.9 Å². The Labute approximate surface area is 218 Å². The van der Waals surface area contributed by atoms with E-state index < -0.39 is 17.6 Å². The highest BCUT2D eigenvalue weighted by molar-refractivity contribution is 6.02. The summed E-state index contributed by atoms with van der Waals surface area (Å²) in [6, 6.07) is 20.1. The number of nitriles is 1. The van der Waals surface area contributed by atoms with Crippen LogP contribution in [0.2, 0.25) is 0 Å². The Morgan fingerprint density at radius 2 is 1.87 bits per heavy atom. The van der Waals surface area contributed by atoms with E-state index in [1.54, 1.807) is 18.2 Å². The fraction of sp³-hybridized carbons (Fsp3) is 0.138. The number of anilines is 1. The molecule has 0 bridgehead atoms. The van der Waals surface area contributed by atoms with Gasteiger partial charge in [0.05, 0.1) is 7.11 Å². The molecule has 1 heterocycles. The molecule has 0 spiro atoms. The van der Waals surface area contributed by atoms with E-state index in [1.165, 1.54) is 37.5 Å². The number of amides is 2. The van der Waals surface area contributed by atoms with Crippen molar-refractivity contribution in [2.24, 2.45) is 0 Å². The van der Waals surface area contributed by atoms with Crippen LogP contribution in [-0.2, 0) is 16.0 Å². The van der Waals surface area contributed by atoms with Crippen LogP contribution in [0.5, 0.6) is 11.5 Å². The summed E-state index contributed by atoms with van der Waals surface area (Å²) in [5, 5.41) is 16.1. The van der Waals surface area contributed by atoms with Gasteiger partial charge in [0.1, 0.15) is 17.5 Å². The van der Waals surface area contributed by atoms with Crippen molar-refractivity contribution >= 4 is 34.5 Å². The average Bonchev–Trinajstić information content (AvgIpc) is 3.35. The van der Waals surface area contributed by atoms with Crippen molar-refractivity contribution < 1.29 is 23.5 Å². The van der Waals surface area contributed by atoms with Crippen LogP contribution in [0.15, 0.2) is 78.5 Å². The van der Waals surface area contributed by atoms with Gasteiger partial charge >= 0.3 is 0 Å². The molecule has 192 valence electrons. The van der Waals surface area contributed by atoms with Gasteiger partial charge in [-0.3, -0.25) is 9.59 Å². The Morgan fingerprint density at radius 3 is 2.63 bits per heavy atom. The van der Waals surface area contributed by atoms with Gasteiger partial charge in [-0.25, -0.2) is 4.39 Å².